The van der Waals surface area contributed by atoms with Crippen molar-refractivity contribution in [1.29, 1.82) is 0 Å². The van der Waals surface area contributed by atoms with Crippen LogP contribution in [0.15, 0.2) is 76.1 Å². The van der Waals surface area contributed by atoms with E-state index in [1.54, 1.807) is 37.3 Å². The monoisotopic (exact) mass is 674 g/mol. The summed E-state index contributed by atoms with van der Waals surface area (Å²) >= 11 is 3.42. The van der Waals surface area contributed by atoms with Crippen molar-refractivity contribution in [2.45, 2.75) is 57.6 Å². The van der Waals surface area contributed by atoms with Crippen LogP contribution in [0.4, 0.5) is 11.4 Å². The molecular formula is C30H35BrN4O7S. The third kappa shape index (κ3) is 8.54. The molecule has 43 heavy (non-hydrogen) atoms. The van der Waals surface area contributed by atoms with Crippen LogP contribution in [0.25, 0.3) is 0 Å². The summed E-state index contributed by atoms with van der Waals surface area (Å²) in [6.07, 6.45) is 0. The lowest BCUT2D eigenvalue weighted by molar-refractivity contribution is -0.385. The summed E-state index contributed by atoms with van der Waals surface area (Å²) in [6, 6.07) is 15.9. The largest absolute Gasteiger partial charge is 0.497 e. The van der Waals surface area contributed by atoms with E-state index in [-0.39, 0.29) is 28.4 Å². The van der Waals surface area contributed by atoms with E-state index in [9.17, 15) is 28.1 Å². The van der Waals surface area contributed by atoms with Gasteiger partial charge in [0.05, 0.1) is 22.6 Å². The second-order valence-electron chi connectivity index (χ2n) is 11.0. The Morgan fingerprint density at radius 3 is 2.28 bits per heavy atom. The van der Waals surface area contributed by atoms with Gasteiger partial charge in [-0.15, -0.1) is 0 Å². The lowest BCUT2D eigenvalue weighted by Crippen LogP contribution is -2.54. The van der Waals surface area contributed by atoms with Crippen LogP contribution >= 0.6 is 15.9 Å². The number of nitro benzene ring substituents is 1. The Labute approximate surface area is 260 Å². The summed E-state index contributed by atoms with van der Waals surface area (Å²) in [5, 5.41) is 14.5. The van der Waals surface area contributed by atoms with E-state index >= 15 is 0 Å². The van der Waals surface area contributed by atoms with E-state index in [2.05, 4.69) is 21.2 Å². The minimum atomic E-state index is -4.50. The molecule has 230 valence electrons. The van der Waals surface area contributed by atoms with E-state index in [1.807, 2.05) is 26.8 Å². The fraction of sp³-hybridized carbons (Fsp3) is 0.333. The second kappa shape index (κ2) is 13.6. The fourth-order valence-corrected chi connectivity index (χ4v) is 6.12. The number of carbonyl (C=O) groups is 2. The van der Waals surface area contributed by atoms with Crippen molar-refractivity contribution in [3.05, 3.63) is 92.4 Å². The number of ether oxygens (including phenoxy) is 1. The van der Waals surface area contributed by atoms with Gasteiger partial charge in [0, 0.05) is 28.2 Å². The average molecular weight is 676 g/mol. The van der Waals surface area contributed by atoms with Gasteiger partial charge in [-0.3, -0.25) is 24.0 Å². The standard InChI is InChI=1S/C30H35BrN4O7S/c1-20-10-15-26(17-27(20)35(38)39)43(40,41)34(24-11-13-25(42-6)14-12-24)19-28(36)33(18-22-8-7-9-23(31)16-22)21(2)29(37)32-30(3,4)5/h7-17,21H,18-19H2,1-6H3,(H,32,37)/t21-/m0/s1. The SMILES string of the molecule is COc1ccc(N(CC(=O)N(Cc2cccc(Br)c2)[C@@H](C)C(=O)NC(C)(C)C)S(=O)(=O)c2ccc(C)c([N+](=O)[O-])c2)cc1. The lowest BCUT2D eigenvalue weighted by atomic mass is 10.1. The molecule has 0 aromatic heterocycles. The number of benzene rings is 3. The van der Waals surface area contributed by atoms with Gasteiger partial charge in [-0.05, 0) is 82.6 Å². The predicted molar refractivity (Wildman–Crippen MR) is 167 cm³/mol. The van der Waals surface area contributed by atoms with E-state index < -0.39 is 44.9 Å². The van der Waals surface area contributed by atoms with E-state index in [4.69, 9.17) is 4.74 Å². The van der Waals surface area contributed by atoms with Crippen molar-refractivity contribution in [2.75, 3.05) is 18.0 Å². The molecule has 3 rings (SSSR count). The number of hydrogen-bond donors (Lipinski definition) is 1. The van der Waals surface area contributed by atoms with Gasteiger partial charge >= 0.3 is 0 Å². The molecular weight excluding hydrogens is 640 g/mol. The lowest BCUT2D eigenvalue weighted by Gasteiger charge is -2.33. The Morgan fingerprint density at radius 2 is 1.72 bits per heavy atom. The van der Waals surface area contributed by atoms with E-state index in [0.29, 0.717) is 11.3 Å². The first-order valence-corrected chi connectivity index (χ1v) is 15.5. The van der Waals surface area contributed by atoms with Crippen LogP contribution in [0.5, 0.6) is 5.75 Å². The van der Waals surface area contributed by atoms with Gasteiger partial charge in [-0.1, -0.05) is 34.1 Å². The molecule has 0 saturated heterocycles. The van der Waals surface area contributed by atoms with Crippen LogP contribution in [-0.2, 0) is 26.2 Å². The first-order valence-electron chi connectivity index (χ1n) is 13.3. The molecule has 11 nitrogen and oxygen atoms in total. The molecule has 3 aromatic rings. The number of nitrogens with one attached hydrogen (secondary N) is 1. The molecule has 0 saturated carbocycles. The summed E-state index contributed by atoms with van der Waals surface area (Å²) in [5.74, 6) is -0.608. The molecule has 2 amide bonds. The summed E-state index contributed by atoms with van der Waals surface area (Å²) in [5.41, 5.74) is 0.188. The van der Waals surface area contributed by atoms with Gasteiger partial charge in [0.15, 0.2) is 0 Å². The molecule has 1 atom stereocenters. The molecule has 0 aliphatic rings. The maximum absolute atomic E-state index is 14.1. The molecule has 0 fully saturated rings. The Hall–Kier alpha value is -3.97. The average Bonchev–Trinajstić information content (AvgIpc) is 2.93. The van der Waals surface area contributed by atoms with E-state index in [1.165, 1.54) is 43.2 Å². The fourth-order valence-electron chi connectivity index (χ4n) is 4.24. The maximum Gasteiger partial charge on any atom is 0.273 e. The highest BCUT2D eigenvalue weighted by Crippen LogP contribution is 2.29. The summed E-state index contributed by atoms with van der Waals surface area (Å²) in [4.78, 5) is 39.2. The minimum Gasteiger partial charge on any atom is -0.497 e. The number of amides is 2. The number of aryl methyl sites for hydroxylation is 1. The quantitative estimate of drug-likeness (QED) is 0.218. The Kier molecular flexibility index (Phi) is 10.6. The number of anilines is 1. The van der Waals surface area contributed by atoms with Crippen LogP contribution in [0, 0.1) is 17.0 Å². The Balaban J connectivity index is 2.10. The zero-order valence-electron chi connectivity index (χ0n) is 24.8. The first kappa shape index (κ1) is 33.5. The van der Waals surface area contributed by atoms with Gasteiger partial charge in [-0.2, -0.15) is 0 Å². The molecule has 1 N–H and O–H groups in total. The van der Waals surface area contributed by atoms with E-state index in [0.717, 1.165) is 14.8 Å². The van der Waals surface area contributed by atoms with Crippen LogP contribution in [-0.4, -0.2) is 55.3 Å². The number of rotatable bonds is 11. The second-order valence-corrected chi connectivity index (χ2v) is 13.8. The number of halogens is 1. The van der Waals surface area contributed by atoms with Gasteiger partial charge in [-0.25, -0.2) is 8.42 Å². The van der Waals surface area contributed by atoms with Crippen LogP contribution in [0.2, 0.25) is 0 Å². The molecule has 13 heteroatoms. The molecule has 0 spiro atoms. The first-order chi connectivity index (χ1) is 20.0. The van der Waals surface area contributed by atoms with Crippen LogP contribution in [0.1, 0.15) is 38.8 Å². The number of carbonyl (C=O) groups excluding carboxylic acids is 2. The zero-order valence-corrected chi connectivity index (χ0v) is 27.2. The Bertz CT molecular complexity index is 1610. The molecule has 0 radical (unpaired) electrons. The molecule has 3 aromatic carbocycles. The highest BCUT2D eigenvalue weighted by Gasteiger charge is 2.34. The molecule has 0 heterocycles. The molecule has 0 aliphatic carbocycles. The van der Waals surface area contributed by atoms with Crippen molar-refractivity contribution in [3.8, 4) is 5.75 Å². The van der Waals surface area contributed by atoms with Crippen molar-refractivity contribution in [3.63, 3.8) is 0 Å². The van der Waals surface area contributed by atoms with Crippen molar-refractivity contribution in [1.82, 2.24) is 10.2 Å². The number of nitrogens with zero attached hydrogens (tertiary/aromatic N) is 3. The van der Waals surface area contributed by atoms with Gasteiger partial charge in [0.2, 0.25) is 11.8 Å². The summed E-state index contributed by atoms with van der Waals surface area (Å²) in [7, 11) is -3.04. The molecule has 0 bridgehead atoms. The number of hydrogen-bond acceptors (Lipinski definition) is 7. The Morgan fingerprint density at radius 1 is 1.07 bits per heavy atom. The summed E-state index contributed by atoms with van der Waals surface area (Å²) < 4.78 is 34.9. The molecule has 0 aliphatic heterocycles. The van der Waals surface area contributed by atoms with Gasteiger partial charge < -0.3 is 15.0 Å². The van der Waals surface area contributed by atoms with Gasteiger partial charge in [0.25, 0.3) is 15.7 Å². The van der Waals surface area contributed by atoms with Crippen LogP contribution in [0.3, 0.4) is 0 Å². The predicted octanol–water partition coefficient (Wildman–Crippen LogP) is 5.20. The highest BCUT2D eigenvalue weighted by molar-refractivity contribution is 9.10. The number of methoxy groups -OCH3 is 1. The minimum absolute atomic E-state index is 0.0174. The number of nitro groups is 1. The van der Waals surface area contributed by atoms with Crippen molar-refractivity contribution >= 4 is 49.1 Å². The normalized spacial score (nSPS) is 12.3. The zero-order chi connectivity index (χ0) is 32.1. The van der Waals surface area contributed by atoms with Crippen molar-refractivity contribution in [2.24, 2.45) is 0 Å². The van der Waals surface area contributed by atoms with Gasteiger partial charge in [0.1, 0.15) is 18.3 Å². The number of sulfonamides is 1. The third-order valence-corrected chi connectivity index (χ3v) is 8.78. The summed E-state index contributed by atoms with van der Waals surface area (Å²) in [6.45, 7) is 7.86. The maximum atomic E-state index is 14.1. The van der Waals surface area contributed by atoms with Crippen molar-refractivity contribution < 1.29 is 27.7 Å². The highest BCUT2D eigenvalue weighted by atomic mass is 79.9. The van der Waals surface area contributed by atoms with Crippen LogP contribution < -0.4 is 14.4 Å². The third-order valence-electron chi connectivity index (χ3n) is 6.51. The smallest absolute Gasteiger partial charge is 0.273 e. The topological polar surface area (TPSA) is 139 Å². The molecule has 0 unspecified atom stereocenters.